The summed E-state index contributed by atoms with van der Waals surface area (Å²) in [6.07, 6.45) is 5.81. The van der Waals surface area contributed by atoms with Gasteiger partial charge < -0.3 is 19.9 Å². The number of aromatic nitrogens is 2. The first-order chi connectivity index (χ1) is 11.7. The van der Waals surface area contributed by atoms with Crippen LogP contribution >= 0.6 is 0 Å². The number of imidazole rings is 1. The summed E-state index contributed by atoms with van der Waals surface area (Å²) in [7, 11) is 1.71. The minimum Gasteiger partial charge on any atom is -0.382 e. The van der Waals surface area contributed by atoms with E-state index in [1.54, 1.807) is 36.4 Å². The maximum absolute atomic E-state index is 14.2. The van der Waals surface area contributed by atoms with E-state index in [0.717, 1.165) is 31.7 Å². The van der Waals surface area contributed by atoms with E-state index in [4.69, 9.17) is 4.74 Å². The summed E-state index contributed by atoms with van der Waals surface area (Å²) in [6, 6.07) is 5.14. The second-order valence-electron chi connectivity index (χ2n) is 5.16. The van der Waals surface area contributed by atoms with E-state index in [1.165, 1.54) is 6.07 Å². The predicted octanol–water partition coefficient (Wildman–Crippen LogP) is 2.10. The Morgan fingerprint density at radius 3 is 2.92 bits per heavy atom. The molecule has 0 bridgehead atoms. The van der Waals surface area contributed by atoms with Gasteiger partial charge in [-0.15, -0.1) is 0 Å². The largest absolute Gasteiger partial charge is 0.382 e. The molecule has 0 saturated carbocycles. The zero-order valence-electron chi connectivity index (χ0n) is 14.1. The molecule has 0 aliphatic carbocycles. The molecule has 24 heavy (non-hydrogen) atoms. The number of ether oxygens (including phenoxy) is 1. The number of rotatable bonds is 8. The summed E-state index contributed by atoms with van der Waals surface area (Å²) in [5.41, 5.74) is 1.32. The number of hydrogen-bond donors (Lipinski definition) is 2. The van der Waals surface area contributed by atoms with Crippen molar-refractivity contribution in [3.63, 3.8) is 0 Å². The van der Waals surface area contributed by atoms with E-state index in [2.05, 4.69) is 20.6 Å². The highest BCUT2D eigenvalue weighted by Gasteiger charge is 2.06. The van der Waals surface area contributed by atoms with Crippen LogP contribution < -0.4 is 10.6 Å². The van der Waals surface area contributed by atoms with E-state index in [-0.39, 0.29) is 5.82 Å². The Bertz CT molecular complexity index is 642. The van der Waals surface area contributed by atoms with Crippen LogP contribution in [0.25, 0.3) is 5.69 Å². The van der Waals surface area contributed by atoms with Gasteiger partial charge in [-0.05, 0) is 31.0 Å². The molecule has 0 atom stereocenters. The van der Waals surface area contributed by atoms with Crippen LogP contribution in [0.1, 0.15) is 18.9 Å². The first kappa shape index (κ1) is 17.9. The van der Waals surface area contributed by atoms with Crippen LogP contribution in [-0.2, 0) is 11.3 Å². The molecule has 0 aliphatic heterocycles. The van der Waals surface area contributed by atoms with E-state index >= 15 is 0 Å². The molecule has 6 nitrogen and oxygen atoms in total. The smallest absolute Gasteiger partial charge is 0.191 e. The highest BCUT2D eigenvalue weighted by Crippen LogP contribution is 2.14. The Morgan fingerprint density at radius 2 is 2.25 bits per heavy atom. The van der Waals surface area contributed by atoms with Crippen molar-refractivity contribution in [2.45, 2.75) is 19.9 Å². The van der Waals surface area contributed by atoms with Gasteiger partial charge in [-0.2, -0.15) is 0 Å². The topological polar surface area (TPSA) is 63.5 Å². The minimum absolute atomic E-state index is 0.285. The van der Waals surface area contributed by atoms with E-state index < -0.39 is 0 Å². The van der Waals surface area contributed by atoms with Crippen molar-refractivity contribution in [2.75, 3.05) is 26.8 Å². The molecule has 2 rings (SSSR count). The fourth-order valence-corrected chi connectivity index (χ4v) is 2.20. The van der Waals surface area contributed by atoms with Crippen molar-refractivity contribution in [1.29, 1.82) is 0 Å². The monoisotopic (exact) mass is 333 g/mol. The summed E-state index contributed by atoms with van der Waals surface area (Å²) in [5, 5.41) is 6.37. The summed E-state index contributed by atoms with van der Waals surface area (Å²) in [6.45, 7) is 4.69. The van der Waals surface area contributed by atoms with Crippen molar-refractivity contribution in [3.05, 3.63) is 48.3 Å². The highest BCUT2D eigenvalue weighted by atomic mass is 19.1. The number of nitrogens with zero attached hydrogens (tertiary/aromatic N) is 3. The zero-order chi connectivity index (χ0) is 17.2. The number of aliphatic imine (C=N–C) groups is 1. The standard InChI is InChI=1S/C17H24FN5O/c1-3-24-10-4-7-21-17(19-2)22-12-14-5-6-16(15(18)11-14)23-9-8-20-13-23/h5-6,8-9,11,13H,3-4,7,10,12H2,1-2H3,(H2,19,21,22). The first-order valence-electron chi connectivity index (χ1n) is 8.03. The van der Waals surface area contributed by atoms with Gasteiger partial charge >= 0.3 is 0 Å². The Labute approximate surface area is 141 Å². The maximum Gasteiger partial charge on any atom is 0.191 e. The molecule has 0 aliphatic rings. The van der Waals surface area contributed by atoms with E-state index in [9.17, 15) is 4.39 Å². The SMILES string of the molecule is CCOCCCNC(=NC)NCc1ccc(-n2ccnc2)c(F)c1. The Kier molecular flexibility index (Phi) is 7.22. The molecule has 2 N–H and O–H groups in total. The molecule has 0 saturated heterocycles. The highest BCUT2D eigenvalue weighted by molar-refractivity contribution is 5.79. The van der Waals surface area contributed by atoms with Crippen LogP contribution in [0.5, 0.6) is 0 Å². The van der Waals surface area contributed by atoms with Gasteiger partial charge in [0.25, 0.3) is 0 Å². The normalized spacial score (nSPS) is 11.5. The molecule has 0 spiro atoms. The van der Waals surface area contributed by atoms with Crippen LogP contribution in [0.15, 0.2) is 41.9 Å². The zero-order valence-corrected chi connectivity index (χ0v) is 14.1. The molecular formula is C17H24FN5O. The van der Waals surface area contributed by atoms with Gasteiger partial charge in [-0.1, -0.05) is 6.07 Å². The molecular weight excluding hydrogens is 309 g/mol. The number of halogens is 1. The lowest BCUT2D eigenvalue weighted by Crippen LogP contribution is -2.37. The number of nitrogens with one attached hydrogen (secondary N) is 2. The quantitative estimate of drug-likeness (QED) is 0.441. The molecule has 0 radical (unpaired) electrons. The number of guanidine groups is 1. The van der Waals surface area contributed by atoms with E-state index in [0.29, 0.717) is 18.2 Å². The van der Waals surface area contributed by atoms with Crippen LogP contribution in [-0.4, -0.2) is 42.3 Å². The van der Waals surface area contributed by atoms with Crippen molar-refractivity contribution in [1.82, 2.24) is 20.2 Å². The van der Waals surface area contributed by atoms with Gasteiger partial charge in [-0.3, -0.25) is 4.99 Å². The second-order valence-corrected chi connectivity index (χ2v) is 5.16. The Hall–Kier alpha value is -2.41. The third kappa shape index (κ3) is 5.34. The van der Waals surface area contributed by atoms with Crippen LogP contribution in [0.4, 0.5) is 4.39 Å². The average Bonchev–Trinajstić information content (AvgIpc) is 3.11. The Balaban J connectivity index is 1.83. The van der Waals surface area contributed by atoms with E-state index in [1.807, 2.05) is 13.0 Å². The lowest BCUT2D eigenvalue weighted by atomic mass is 10.2. The fraction of sp³-hybridized carbons (Fsp3) is 0.412. The third-order valence-electron chi connectivity index (χ3n) is 3.44. The second kappa shape index (κ2) is 9.67. The molecule has 0 amide bonds. The number of benzene rings is 1. The third-order valence-corrected chi connectivity index (χ3v) is 3.44. The lowest BCUT2D eigenvalue weighted by molar-refractivity contribution is 0.145. The summed E-state index contributed by atoms with van der Waals surface area (Å²) >= 11 is 0. The van der Waals surface area contributed by atoms with Gasteiger partial charge in [0.05, 0.1) is 12.0 Å². The summed E-state index contributed by atoms with van der Waals surface area (Å²) in [4.78, 5) is 8.08. The summed E-state index contributed by atoms with van der Waals surface area (Å²) in [5.74, 6) is 0.401. The van der Waals surface area contributed by atoms with Crippen molar-refractivity contribution in [3.8, 4) is 5.69 Å². The molecule has 1 aromatic heterocycles. The van der Waals surface area contributed by atoms with Crippen molar-refractivity contribution < 1.29 is 9.13 Å². The van der Waals surface area contributed by atoms with Crippen LogP contribution in [0, 0.1) is 5.82 Å². The lowest BCUT2D eigenvalue weighted by Gasteiger charge is -2.12. The molecule has 130 valence electrons. The maximum atomic E-state index is 14.2. The summed E-state index contributed by atoms with van der Waals surface area (Å²) < 4.78 is 21.1. The fourth-order valence-electron chi connectivity index (χ4n) is 2.20. The molecule has 1 heterocycles. The first-order valence-corrected chi connectivity index (χ1v) is 8.03. The number of hydrogen-bond acceptors (Lipinski definition) is 3. The van der Waals surface area contributed by atoms with Gasteiger partial charge in [0.15, 0.2) is 5.96 Å². The van der Waals surface area contributed by atoms with Gasteiger partial charge in [0.2, 0.25) is 0 Å². The minimum atomic E-state index is -0.285. The average molecular weight is 333 g/mol. The van der Waals surface area contributed by atoms with Gasteiger partial charge in [0, 0.05) is 45.7 Å². The van der Waals surface area contributed by atoms with Crippen LogP contribution in [0.2, 0.25) is 0 Å². The van der Waals surface area contributed by atoms with Crippen molar-refractivity contribution >= 4 is 5.96 Å². The van der Waals surface area contributed by atoms with Crippen LogP contribution in [0.3, 0.4) is 0 Å². The molecule has 0 unspecified atom stereocenters. The molecule has 7 heteroatoms. The van der Waals surface area contributed by atoms with Gasteiger partial charge in [-0.25, -0.2) is 9.37 Å². The molecule has 1 aromatic carbocycles. The van der Waals surface area contributed by atoms with Gasteiger partial charge in [0.1, 0.15) is 5.82 Å². The molecule has 0 fully saturated rings. The predicted molar refractivity (Wildman–Crippen MR) is 92.8 cm³/mol. The molecule has 2 aromatic rings. The Morgan fingerprint density at radius 1 is 1.38 bits per heavy atom. The van der Waals surface area contributed by atoms with Crippen molar-refractivity contribution in [2.24, 2.45) is 4.99 Å².